The van der Waals surface area contributed by atoms with E-state index in [-0.39, 0.29) is 14.5 Å². The van der Waals surface area contributed by atoms with Crippen LogP contribution in [0.1, 0.15) is 0 Å². The van der Waals surface area contributed by atoms with Gasteiger partial charge in [0, 0.05) is 5.56 Å². The first-order valence-electron chi connectivity index (χ1n) is 5.03. The van der Waals surface area contributed by atoms with Crippen molar-refractivity contribution in [1.82, 2.24) is 0 Å². The Bertz CT molecular complexity index is 728. The van der Waals surface area contributed by atoms with Gasteiger partial charge in [-0.3, -0.25) is 0 Å². The molecule has 0 aliphatic rings. The molecular weight excluding hydrogens is 326 g/mol. The monoisotopic (exact) mass is 330 g/mol. The van der Waals surface area contributed by atoms with E-state index in [0.717, 1.165) is 0 Å². The van der Waals surface area contributed by atoms with Crippen LogP contribution in [0, 0.1) is 52.4 Å². The minimum atomic E-state index is -2.53. The van der Waals surface area contributed by atoms with E-state index in [1.165, 1.54) is 0 Å². The number of hydrogen-bond acceptors (Lipinski definition) is 0. The van der Waals surface area contributed by atoms with Gasteiger partial charge in [-0.2, -0.15) is 0 Å². The van der Waals surface area contributed by atoms with Crippen LogP contribution in [0.2, 0.25) is 0 Å². The maximum Gasteiger partial charge on any atom is 0.200 e. The highest BCUT2D eigenvalue weighted by atomic mass is 19.2. The lowest BCUT2D eigenvalue weighted by Crippen LogP contribution is -2.07. The van der Waals surface area contributed by atoms with Crippen molar-refractivity contribution in [3.05, 3.63) is 58.4 Å². The van der Waals surface area contributed by atoms with Crippen LogP contribution in [0.25, 0.3) is 11.1 Å². The third-order valence-corrected chi connectivity index (χ3v) is 2.58. The molecule has 0 aromatic heterocycles. The summed E-state index contributed by atoms with van der Waals surface area (Å²) in [6.45, 7) is 0. The normalized spacial score (nSPS) is 10.6. The molecule has 2 rings (SSSR count). The molecule has 2 aromatic rings. The zero-order valence-corrected chi connectivity index (χ0v) is 9.48. The van der Waals surface area contributed by atoms with E-state index in [1.54, 1.807) is 0 Å². The molecule has 0 N–H and O–H groups in total. The second kappa shape index (κ2) is 5.94. The molecule has 0 atom stereocenters. The molecule has 0 bridgehead atoms. The average Bonchev–Trinajstić information content (AvgIpc) is 2.46. The Morgan fingerprint density at radius 2 is 0.818 bits per heavy atom. The number of benzene rings is 2. The zero-order valence-electron chi connectivity index (χ0n) is 9.48. The van der Waals surface area contributed by atoms with E-state index in [1.807, 2.05) is 0 Å². The molecule has 10 heteroatoms. The zero-order chi connectivity index (χ0) is 16.1. The van der Waals surface area contributed by atoms with Gasteiger partial charge >= 0.3 is 0 Å². The van der Waals surface area contributed by atoms with Gasteiger partial charge in [0.2, 0.25) is 5.82 Å². The number of rotatable bonds is 1. The maximum absolute atomic E-state index is 13.4. The van der Waals surface area contributed by atoms with Crippen molar-refractivity contribution in [2.75, 3.05) is 0 Å². The third kappa shape index (κ3) is 2.42. The van der Waals surface area contributed by atoms with Crippen molar-refractivity contribution >= 4 is 8.41 Å². The van der Waals surface area contributed by atoms with Gasteiger partial charge in [-0.1, -0.05) is 0 Å². The minimum absolute atomic E-state index is 0. The molecule has 0 saturated heterocycles. The van der Waals surface area contributed by atoms with Gasteiger partial charge in [0.15, 0.2) is 46.5 Å². The SMILES string of the molecule is B.Fc1cc(-c2c(F)c(F)c(F)c(F)c2F)c(F)c(F)c1F. The van der Waals surface area contributed by atoms with Crippen molar-refractivity contribution in [2.45, 2.75) is 0 Å². The highest BCUT2D eigenvalue weighted by Gasteiger charge is 2.30. The van der Waals surface area contributed by atoms with Crippen LogP contribution >= 0.6 is 0 Å². The second-order valence-electron chi connectivity index (χ2n) is 3.79. The summed E-state index contributed by atoms with van der Waals surface area (Å²) < 4.78 is 118. The molecule has 0 aliphatic heterocycles. The first kappa shape index (κ1) is 17.9. The van der Waals surface area contributed by atoms with E-state index < -0.39 is 63.5 Å². The standard InChI is InChI=1S/C12HF9.BH3/c13-3-1-2(5(14)9(18)6(3)15)4-7(16)10(19)12(21)11(20)8(4)17;/h1H;1H3. The third-order valence-electron chi connectivity index (χ3n) is 2.58. The Labute approximate surface area is 118 Å². The Kier molecular flexibility index (Phi) is 4.84. The van der Waals surface area contributed by atoms with Crippen molar-refractivity contribution in [1.29, 1.82) is 0 Å². The lowest BCUT2D eigenvalue weighted by molar-refractivity contribution is 0.379. The van der Waals surface area contributed by atoms with Gasteiger partial charge in [0.1, 0.15) is 0 Å². The van der Waals surface area contributed by atoms with Crippen molar-refractivity contribution < 1.29 is 39.5 Å². The summed E-state index contributed by atoms with van der Waals surface area (Å²) >= 11 is 0. The molecule has 0 saturated carbocycles. The fourth-order valence-corrected chi connectivity index (χ4v) is 1.60. The lowest BCUT2D eigenvalue weighted by atomic mass is 10.0. The molecule has 0 nitrogen and oxygen atoms in total. The highest BCUT2D eigenvalue weighted by Crippen LogP contribution is 2.34. The number of halogens is 9. The predicted octanol–water partition coefficient (Wildman–Crippen LogP) is 3.42. The van der Waals surface area contributed by atoms with Crippen LogP contribution in [-0.2, 0) is 0 Å². The van der Waals surface area contributed by atoms with Crippen LogP contribution in [-0.4, -0.2) is 8.41 Å². The first-order valence-corrected chi connectivity index (χ1v) is 5.03. The summed E-state index contributed by atoms with van der Waals surface area (Å²) in [6.07, 6.45) is 0. The molecule has 0 radical (unpaired) electrons. The largest absolute Gasteiger partial charge is 0.204 e. The van der Waals surface area contributed by atoms with Crippen molar-refractivity contribution in [3.8, 4) is 11.1 Å². The van der Waals surface area contributed by atoms with Gasteiger partial charge in [-0.25, -0.2) is 39.5 Å². The van der Waals surface area contributed by atoms with Gasteiger partial charge in [-0.05, 0) is 6.07 Å². The van der Waals surface area contributed by atoms with Crippen LogP contribution < -0.4 is 0 Å². The highest BCUT2D eigenvalue weighted by molar-refractivity contribution is 5.75. The Morgan fingerprint density at radius 3 is 1.27 bits per heavy atom. The molecule has 0 fully saturated rings. The second-order valence-corrected chi connectivity index (χ2v) is 3.79. The predicted molar refractivity (Wildman–Crippen MR) is 61.4 cm³/mol. The van der Waals surface area contributed by atoms with Gasteiger partial charge < -0.3 is 0 Å². The summed E-state index contributed by atoms with van der Waals surface area (Å²) in [5, 5.41) is 0. The topological polar surface area (TPSA) is 0 Å². The molecule has 2 aromatic carbocycles. The molecule has 0 heterocycles. The van der Waals surface area contributed by atoms with Crippen LogP contribution in [0.5, 0.6) is 0 Å². The quantitative estimate of drug-likeness (QED) is 0.325. The smallest absolute Gasteiger partial charge is 0.200 e. The summed E-state index contributed by atoms with van der Waals surface area (Å²) in [6, 6.07) is -0.216. The molecule has 0 spiro atoms. The molecule has 22 heavy (non-hydrogen) atoms. The van der Waals surface area contributed by atoms with Gasteiger partial charge in [0.05, 0.1) is 14.0 Å². The van der Waals surface area contributed by atoms with Crippen molar-refractivity contribution in [2.24, 2.45) is 0 Å². The van der Waals surface area contributed by atoms with E-state index in [2.05, 4.69) is 0 Å². The molecular formula is C12H4BF9. The Balaban J connectivity index is 0.00000242. The molecule has 0 amide bonds. The fraction of sp³-hybridized carbons (Fsp3) is 0. The number of hydrogen-bond donors (Lipinski definition) is 0. The summed E-state index contributed by atoms with van der Waals surface area (Å²) in [5.74, 6) is -21.5. The minimum Gasteiger partial charge on any atom is -0.204 e. The van der Waals surface area contributed by atoms with Crippen molar-refractivity contribution in [3.63, 3.8) is 0 Å². The van der Waals surface area contributed by atoms with Crippen LogP contribution in [0.15, 0.2) is 6.07 Å². The average molecular weight is 330 g/mol. The molecule has 0 unspecified atom stereocenters. The maximum atomic E-state index is 13.4. The van der Waals surface area contributed by atoms with Crippen LogP contribution in [0.3, 0.4) is 0 Å². The Morgan fingerprint density at radius 1 is 0.455 bits per heavy atom. The van der Waals surface area contributed by atoms with Gasteiger partial charge in [0.25, 0.3) is 0 Å². The molecule has 0 aliphatic carbocycles. The Hall–Kier alpha value is -2.13. The van der Waals surface area contributed by atoms with E-state index in [9.17, 15) is 39.5 Å². The van der Waals surface area contributed by atoms with E-state index in [4.69, 9.17) is 0 Å². The van der Waals surface area contributed by atoms with Crippen LogP contribution in [0.4, 0.5) is 39.5 Å². The van der Waals surface area contributed by atoms with Gasteiger partial charge in [-0.15, -0.1) is 0 Å². The summed E-state index contributed by atoms with van der Waals surface area (Å²) in [4.78, 5) is 0. The summed E-state index contributed by atoms with van der Waals surface area (Å²) in [5.41, 5.74) is -3.54. The first-order chi connectivity index (χ1) is 9.68. The fourth-order valence-electron chi connectivity index (χ4n) is 1.60. The summed E-state index contributed by atoms with van der Waals surface area (Å²) in [7, 11) is 0. The van der Waals surface area contributed by atoms with E-state index in [0.29, 0.717) is 0 Å². The molecule has 118 valence electrons. The van der Waals surface area contributed by atoms with E-state index >= 15 is 0 Å². The lowest BCUT2D eigenvalue weighted by Gasteiger charge is -2.10.